The summed E-state index contributed by atoms with van der Waals surface area (Å²) in [7, 11) is 1.55. The van der Waals surface area contributed by atoms with Crippen LogP contribution in [0.1, 0.15) is 67.3 Å². The Bertz CT molecular complexity index is 1050. The third-order valence-corrected chi connectivity index (χ3v) is 6.99. The third kappa shape index (κ3) is 5.29. The van der Waals surface area contributed by atoms with E-state index in [0.29, 0.717) is 41.7 Å². The van der Waals surface area contributed by atoms with E-state index in [9.17, 15) is 4.39 Å². The van der Waals surface area contributed by atoms with Crippen molar-refractivity contribution < 1.29 is 13.9 Å². The van der Waals surface area contributed by atoms with E-state index in [4.69, 9.17) is 9.47 Å². The van der Waals surface area contributed by atoms with E-state index in [1.807, 2.05) is 6.20 Å². The van der Waals surface area contributed by atoms with Gasteiger partial charge in [-0.2, -0.15) is 5.21 Å². The lowest BCUT2D eigenvalue weighted by Gasteiger charge is -2.29. The summed E-state index contributed by atoms with van der Waals surface area (Å²) in [6.07, 6.45) is 10.2. The van der Waals surface area contributed by atoms with Gasteiger partial charge in [-0.3, -0.25) is 0 Å². The van der Waals surface area contributed by atoms with Crippen molar-refractivity contribution in [1.82, 2.24) is 30.6 Å². The van der Waals surface area contributed by atoms with Crippen molar-refractivity contribution >= 4 is 0 Å². The number of H-pyrrole nitrogens is 1. The highest BCUT2D eigenvalue weighted by Crippen LogP contribution is 2.44. The smallest absolute Gasteiger partial charge is 0.213 e. The number of halogens is 1. The highest BCUT2D eigenvalue weighted by molar-refractivity contribution is 5.27. The lowest BCUT2D eigenvalue weighted by Crippen LogP contribution is -2.20. The van der Waals surface area contributed by atoms with Crippen LogP contribution in [0.3, 0.4) is 0 Å². The summed E-state index contributed by atoms with van der Waals surface area (Å²) >= 11 is 0. The van der Waals surface area contributed by atoms with Gasteiger partial charge in [0.05, 0.1) is 19.9 Å². The molecular formula is C24H29FN6O2. The number of tetrazole rings is 1. The zero-order valence-electron chi connectivity index (χ0n) is 18.8. The molecule has 3 aromatic heterocycles. The minimum atomic E-state index is -0.248. The van der Waals surface area contributed by atoms with Gasteiger partial charge in [0.15, 0.2) is 5.82 Å². The maximum absolute atomic E-state index is 14.3. The maximum atomic E-state index is 14.3. The molecule has 0 amide bonds. The fourth-order valence-electron chi connectivity index (χ4n) is 4.96. The van der Waals surface area contributed by atoms with Crippen molar-refractivity contribution in [3.63, 3.8) is 0 Å². The molecule has 1 atom stereocenters. The summed E-state index contributed by atoms with van der Waals surface area (Å²) in [5.74, 6) is 3.27. The van der Waals surface area contributed by atoms with Crippen molar-refractivity contribution in [2.24, 2.45) is 11.8 Å². The molecule has 2 aliphatic rings. The first-order chi connectivity index (χ1) is 16.2. The Morgan fingerprint density at radius 3 is 2.67 bits per heavy atom. The van der Waals surface area contributed by atoms with Crippen molar-refractivity contribution in [1.29, 1.82) is 0 Å². The predicted molar refractivity (Wildman–Crippen MR) is 119 cm³/mol. The Morgan fingerprint density at radius 2 is 1.94 bits per heavy atom. The van der Waals surface area contributed by atoms with Crippen molar-refractivity contribution in [2.45, 2.75) is 56.8 Å². The van der Waals surface area contributed by atoms with Crippen LogP contribution in [0.15, 0.2) is 30.6 Å². The Balaban J connectivity index is 1.16. The second kappa shape index (κ2) is 9.80. The summed E-state index contributed by atoms with van der Waals surface area (Å²) in [6, 6.07) is 5.86. The first kappa shape index (κ1) is 21.7. The van der Waals surface area contributed by atoms with E-state index >= 15 is 0 Å². The van der Waals surface area contributed by atoms with E-state index in [-0.39, 0.29) is 11.7 Å². The van der Waals surface area contributed by atoms with Gasteiger partial charge in [-0.15, -0.1) is 10.2 Å². The molecule has 8 nitrogen and oxygen atoms in total. The van der Waals surface area contributed by atoms with Crippen molar-refractivity contribution in [3.8, 4) is 11.8 Å². The van der Waals surface area contributed by atoms with Crippen LogP contribution in [-0.4, -0.2) is 44.3 Å². The van der Waals surface area contributed by atoms with Crippen LogP contribution in [0.4, 0.5) is 4.39 Å². The lowest BCUT2D eigenvalue weighted by atomic mass is 9.79. The Hall–Kier alpha value is -3.10. The molecule has 1 N–H and O–H groups in total. The monoisotopic (exact) mass is 452 g/mol. The molecule has 3 heterocycles. The molecule has 5 rings (SSSR count). The van der Waals surface area contributed by atoms with E-state index in [0.717, 1.165) is 37.9 Å². The quantitative estimate of drug-likeness (QED) is 0.519. The van der Waals surface area contributed by atoms with Gasteiger partial charge in [0, 0.05) is 24.8 Å². The fraction of sp³-hybridized carbons (Fsp3) is 0.542. The van der Waals surface area contributed by atoms with E-state index in [2.05, 4.69) is 42.7 Å². The SMILES string of the molecule is COc1cc(C2CCC(COc3cc(C(Cc4nn[nH]n4)C4CC4)ccn3)CC2)c(F)cn1. The van der Waals surface area contributed by atoms with Crippen molar-refractivity contribution in [2.75, 3.05) is 13.7 Å². The zero-order chi connectivity index (χ0) is 22.6. The van der Waals surface area contributed by atoms with Crippen LogP contribution in [0.25, 0.3) is 0 Å². The summed E-state index contributed by atoms with van der Waals surface area (Å²) in [4.78, 5) is 8.38. The van der Waals surface area contributed by atoms with Gasteiger partial charge in [-0.25, -0.2) is 14.4 Å². The van der Waals surface area contributed by atoms with Crippen LogP contribution in [0.5, 0.6) is 11.8 Å². The van der Waals surface area contributed by atoms with Crippen LogP contribution < -0.4 is 9.47 Å². The molecule has 0 radical (unpaired) electrons. The number of hydrogen-bond acceptors (Lipinski definition) is 7. The highest BCUT2D eigenvalue weighted by Gasteiger charge is 2.33. The van der Waals surface area contributed by atoms with Gasteiger partial charge in [-0.05, 0) is 79.4 Å². The summed E-state index contributed by atoms with van der Waals surface area (Å²) in [5, 5.41) is 14.5. The van der Waals surface area contributed by atoms with E-state index in [1.165, 1.54) is 24.6 Å². The summed E-state index contributed by atoms with van der Waals surface area (Å²) in [5.41, 5.74) is 1.93. The number of aromatic amines is 1. The number of methoxy groups -OCH3 is 1. The minimum Gasteiger partial charge on any atom is -0.481 e. The van der Waals surface area contributed by atoms with Gasteiger partial charge >= 0.3 is 0 Å². The van der Waals surface area contributed by atoms with Crippen molar-refractivity contribution in [3.05, 3.63) is 53.4 Å². The first-order valence-electron chi connectivity index (χ1n) is 11.7. The molecule has 0 spiro atoms. The Kier molecular flexibility index (Phi) is 6.46. The predicted octanol–water partition coefficient (Wildman–Crippen LogP) is 4.23. The van der Waals surface area contributed by atoms with Gasteiger partial charge in [0.25, 0.3) is 0 Å². The van der Waals surface area contributed by atoms with E-state index in [1.54, 1.807) is 13.2 Å². The molecule has 9 heteroatoms. The number of pyridine rings is 2. The van der Waals surface area contributed by atoms with Crippen LogP contribution in [-0.2, 0) is 6.42 Å². The molecule has 2 fully saturated rings. The minimum absolute atomic E-state index is 0.198. The Labute approximate surface area is 192 Å². The fourth-order valence-corrected chi connectivity index (χ4v) is 4.96. The number of hydrogen-bond donors (Lipinski definition) is 1. The third-order valence-electron chi connectivity index (χ3n) is 6.99. The van der Waals surface area contributed by atoms with Gasteiger partial charge in [0.2, 0.25) is 11.8 Å². The topological polar surface area (TPSA) is 98.7 Å². The molecule has 174 valence electrons. The molecule has 33 heavy (non-hydrogen) atoms. The normalized spacial score (nSPS) is 21.5. The number of nitrogens with zero attached hydrogens (tertiary/aromatic N) is 5. The summed E-state index contributed by atoms with van der Waals surface area (Å²) in [6.45, 7) is 0.629. The van der Waals surface area contributed by atoms with Crippen LogP contribution in [0, 0.1) is 17.7 Å². The van der Waals surface area contributed by atoms with Gasteiger partial charge in [0.1, 0.15) is 5.82 Å². The second-order valence-corrected chi connectivity index (χ2v) is 9.18. The number of aromatic nitrogens is 6. The Morgan fingerprint density at radius 1 is 1.09 bits per heavy atom. The average Bonchev–Trinajstić information content (AvgIpc) is 3.57. The molecule has 0 bridgehead atoms. The summed E-state index contributed by atoms with van der Waals surface area (Å²) < 4.78 is 25.6. The van der Waals surface area contributed by atoms with Crippen LogP contribution in [0.2, 0.25) is 0 Å². The average molecular weight is 453 g/mol. The molecular weight excluding hydrogens is 423 g/mol. The molecule has 2 aliphatic carbocycles. The molecule has 0 aliphatic heterocycles. The van der Waals surface area contributed by atoms with E-state index < -0.39 is 0 Å². The standard InChI is InChI=1S/C24H29FN6O2/c1-32-23-12-20(21(25)13-27-23)17-4-2-15(3-5-17)14-33-24-10-18(8-9-26-24)19(16-6-7-16)11-22-28-30-31-29-22/h8-10,12-13,15-17,19H,2-7,11,14H2,1H3,(H,28,29,30,31). The molecule has 0 aromatic carbocycles. The molecule has 3 aromatic rings. The van der Waals surface area contributed by atoms with Crippen LogP contribution >= 0.6 is 0 Å². The number of ether oxygens (including phenoxy) is 2. The number of nitrogens with one attached hydrogen (secondary N) is 1. The van der Waals surface area contributed by atoms with Gasteiger partial charge < -0.3 is 9.47 Å². The zero-order valence-corrected chi connectivity index (χ0v) is 18.8. The maximum Gasteiger partial charge on any atom is 0.213 e. The highest BCUT2D eigenvalue weighted by atomic mass is 19.1. The molecule has 2 saturated carbocycles. The second-order valence-electron chi connectivity index (χ2n) is 9.18. The molecule has 0 saturated heterocycles. The largest absolute Gasteiger partial charge is 0.481 e. The number of rotatable bonds is 9. The molecule has 1 unspecified atom stereocenters. The lowest BCUT2D eigenvalue weighted by molar-refractivity contribution is 0.193. The van der Waals surface area contributed by atoms with Gasteiger partial charge in [-0.1, -0.05) is 5.21 Å². The first-order valence-corrected chi connectivity index (χ1v) is 11.7.